The van der Waals surface area contributed by atoms with E-state index in [1.165, 1.54) is 83.7 Å². The van der Waals surface area contributed by atoms with Crippen LogP contribution in [0.25, 0.3) is 0 Å². The normalized spacial score (nSPS) is 21.8. The highest BCUT2D eigenvalue weighted by molar-refractivity contribution is 5.85. The molecule has 2 saturated heterocycles. The van der Waals surface area contributed by atoms with Crippen molar-refractivity contribution in [3.63, 3.8) is 0 Å². The second-order valence-electron chi connectivity index (χ2n) is 10.1. The Morgan fingerprint density at radius 3 is 2.10 bits per heavy atom. The molecule has 0 bridgehead atoms. The second-order valence-corrected chi connectivity index (χ2v) is 10.1. The highest BCUT2D eigenvalue weighted by Gasteiger charge is 2.27. The molecule has 0 aromatic carbocycles. The maximum Gasteiger partial charge on any atom is 0.410 e. The minimum atomic E-state index is -0.383. The van der Waals surface area contributed by atoms with Crippen molar-refractivity contribution in [1.29, 1.82) is 0 Å². The summed E-state index contributed by atoms with van der Waals surface area (Å²) in [5, 5.41) is 3.46. The molecule has 2 aliphatic rings. The van der Waals surface area contributed by atoms with Gasteiger partial charge in [-0.25, -0.2) is 4.79 Å². The van der Waals surface area contributed by atoms with E-state index in [1.807, 2.05) is 25.7 Å². The predicted molar refractivity (Wildman–Crippen MR) is 132 cm³/mol. The van der Waals surface area contributed by atoms with Crippen molar-refractivity contribution in [2.24, 2.45) is 11.8 Å². The second kappa shape index (κ2) is 17.1. The third kappa shape index (κ3) is 14.5. The lowest BCUT2D eigenvalue weighted by atomic mass is 9.93. The molecule has 0 radical (unpaired) electrons. The van der Waals surface area contributed by atoms with Crippen molar-refractivity contribution >= 4 is 18.5 Å². The molecule has 4 nitrogen and oxygen atoms in total. The zero-order chi connectivity index (χ0) is 21.5. The number of rotatable bonds is 8. The molecule has 1 amide bonds. The van der Waals surface area contributed by atoms with E-state index in [-0.39, 0.29) is 24.1 Å². The van der Waals surface area contributed by atoms with Gasteiger partial charge in [-0.3, -0.25) is 0 Å². The van der Waals surface area contributed by atoms with Crippen LogP contribution in [0.5, 0.6) is 0 Å². The average Bonchev–Trinajstić information content (AvgIpc) is 2.69. The van der Waals surface area contributed by atoms with E-state index >= 15 is 0 Å². The number of nitrogens with zero attached hydrogens (tertiary/aromatic N) is 1. The molecule has 0 aromatic heterocycles. The molecular formula is C25H51ClN2O2. The zero-order valence-corrected chi connectivity index (χ0v) is 21.5. The maximum absolute atomic E-state index is 12.0. The topological polar surface area (TPSA) is 41.6 Å². The molecule has 1 N–H and O–H groups in total. The summed E-state index contributed by atoms with van der Waals surface area (Å²) in [4.78, 5) is 13.9. The Morgan fingerprint density at radius 1 is 0.967 bits per heavy atom. The summed E-state index contributed by atoms with van der Waals surface area (Å²) in [6, 6.07) is 0. The number of hydrogen-bond acceptors (Lipinski definition) is 3. The number of halogens is 1. The number of likely N-dealkylation sites (tertiary alicyclic amines) is 1. The van der Waals surface area contributed by atoms with Crippen LogP contribution in [0.2, 0.25) is 0 Å². The minimum absolute atomic E-state index is 0. The number of unbranched alkanes of at least 4 members (excludes halogenated alkanes) is 4. The highest BCUT2D eigenvalue weighted by atomic mass is 35.5. The molecule has 0 aliphatic carbocycles. The Bertz CT molecular complexity index is 420. The molecule has 2 aliphatic heterocycles. The van der Waals surface area contributed by atoms with Gasteiger partial charge in [0.2, 0.25) is 0 Å². The molecule has 0 aromatic rings. The molecule has 2 heterocycles. The Hall–Kier alpha value is -0.480. The first kappa shape index (κ1) is 29.5. The van der Waals surface area contributed by atoms with Crippen LogP contribution in [-0.4, -0.2) is 42.8 Å². The van der Waals surface area contributed by atoms with Crippen LogP contribution in [0, 0.1) is 11.8 Å². The summed E-state index contributed by atoms with van der Waals surface area (Å²) in [5.74, 6) is 1.67. The largest absolute Gasteiger partial charge is 0.444 e. The summed E-state index contributed by atoms with van der Waals surface area (Å²) in [6.45, 7) is 14.6. The maximum atomic E-state index is 12.0. The van der Waals surface area contributed by atoms with E-state index < -0.39 is 0 Å². The number of carbonyl (C=O) groups is 1. The number of amides is 1. The quantitative estimate of drug-likeness (QED) is 0.400. The highest BCUT2D eigenvalue weighted by Crippen LogP contribution is 2.23. The first-order chi connectivity index (χ1) is 13.9. The van der Waals surface area contributed by atoms with Crippen molar-refractivity contribution in [2.45, 2.75) is 117 Å². The Labute approximate surface area is 193 Å². The lowest BCUT2D eigenvalue weighted by molar-refractivity contribution is 0.0160. The summed E-state index contributed by atoms with van der Waals surface area (Å²) in [6.07, 6.45) is 15.9. The van der Waals surface area contributed by atoms with Crippen LogP contribution in [0.3, 0.4) is 0 Å². The van der Waals surface area contributed by atoms with Crippen LogP contribution < -0.4 is 5.32 Å². The Morgan fingerprint density at radius 2 is 1.57 bits per heavy atom. The minimum Gasteiger partial charge on any atom is -0.444 e. The molecule has 0 spiro atoms. The number of piperidine rings is 2. The standard InChI is InChI=1S/C15H29NO2.C10H21N.ClH/c1-5-6-7-9-13-10-8-11-16(12-13)14(17)18-15(2,3)4;1-2-3-4-6-10-7-5-8-11-9-10;/h13H,5-12H2,1-4H3;10-11H,2-9H2,1H3;1H/t13-;10-;/m11./s1. The molecule has 0 saturated carbocycles. The average molecular weight is 447 g/mol. The lowest BCUT2D eigenvalue weighted by Gasteiger charge is -2.34. The van der Waals surface area contributed by atoms with Crippen molar-refractivity contribution in [3.8, 4) is 0 Å². The third-order valence-corrected chi connectivity index (χ3v) is 6.00. The number of hydrogen-bond donors (Lipinski definition) is 1. The van der Waals surface area contributed by atoms with Crippen molar-refractivity contribution < 1.29 is 9.53 Å². The number of carbonyl (C=O) groups excluding carboxylic acids is 1. The van der Waals surface area contributed by atoms with Gasteiger partial charge in [-0.15, -0.1) is 12.4 Å². The molecule has 2 atom stereocenters. The van der Waals surface area contributed by atoms with Gasteiger partial charge in [-0.2, -0.15) is 0 Å². The zero-order valence-electron chi connectivity index (χ0n) is 20.6. The lowest BCUT2D eigenvalue weighted by Crippen LogP contribution is -2.42. The molecule has 2 rings (SSSR count). The smallest absolute Gasteiger partial charge is 0.410 e. The summed E-state index contributed by atoms with van der Waals surface area (Å²) in [7, 11) is 0. The molecule has 30 heavy (non-hydrogen) atoms. The van der Waals surface area contributed by atoms with Gasteiger partial charge in [0, 0.05) is 13.1 Å². The third-order valence-electron chi connectivity index (χ3n) is 6.00. The van der Waals surface area contributed by atoms with E-state index in [0.29, 0.717) is 5.92 Å². The molecule has 2 fully saturated rings. The van der Waals surface area contributed by atoms with Crippen molar-refractivity contribution in [3.05, 3.63) is 0 Å². The summed E-state index contributed by atoms with van der Waals surface area (Å²) >= 11 is 0. The van der Waals surface area contributed by atoms with Crippen LogP contribution in [0.15, 0.2) is 0 Å². The Kier molecular flexibility index (Phi) is 16.8. The van der Waals surface area contributed by atoms with Gasteiger partial charge in [0.1, 0.15) is 5.60 Å². The van der Waals surface area contributed by atoms with Gasteiger partial charge in [0.15, 0.2) is 0 Å². The number of ether oxygens (including phenoxy) is 1. The molecule has 5 heteroatoms. The fourth-order valence-corrected chi connectivity index (χ4v) is 4.33. The van der Waals surface area contributed by atoms with Crippen molar-refractivity contribution in [1.82, 2.24) is 10.2 Å². The van der Waals surface area contributed by atoms with E-state index in [1.54, 1.807) is 0 Å². The van der Waals surface area contributed by atoms with Gasteiger partial charge in [0.05, 0.1) is 0 Å². The van der Waals surface area contributed by atoms with Gasteiger partial charge < -0.3 is 15.0 Å². The fourth-order valence-electron chi connectivity index (χ4n) is 4.33. The van der Waals surface area contributed by atoms with E-state index in [9.17, 15) is 4.79 Å². The molecular weight excluding hydrogens is 396 g/mol. The monoisotopic (exact) mass is 446 g/mol. The van der Waals surface area contributed by atoms with Crippen LogP contribution in [0.1, 0.15) is 112 Å². The molecule has 180 valence electrons. The van der Waals surface area contributed by atoms with Gasteiger partial charge in [0.25, 0.3) is 0 Å². The van der Waals surface area contributed by atoms with Crippen LogP contribution in [-0.2, 0) is 4.74 Å². The fraction of sp³-hybridized carbons (Fsp3) is 0.960. The summed E-state index contributed by atoms with van der Waals surface area (Å²) in [5.41, 5.74) is -0.383. The number of nitrogens with one attached hydrogen (secondary N) is 1. The van der Waals surface area contributed by atoms with Gasteiger partial charge in [-0.05, 0) is 84.2 Å². The van der Waals surface area contributed by atoms with Crippen molar-refractivity contribution in [2.75, 3.05) is 26.2 Å². The van der Waals surface area contributed by atoms with E-state index in [4.69, 9.17) is 4.74 Å². The van der Waals surface area contributed by atoms with Crippen LogP contribution in [0.4, 0.5) is 4.79 Å². The predicted octanol–water partition coefficient (Wildman–Crippen LogP) is 7.20. The molecule has 0 unspecified atom stereocenters. The SMILES string of the molecule is CCCCC[C@@H]1CCCN(C(=O)OC(C)(C)C)C1.CCCCC[C@@H]1CCCNC1.Cl. The van der Waals surface area contributed by atoms with Gasteiger partial charge in [-0.1, -0.05) is 52.4 Å². The summed E-state index contributed by atoms with van der Waals surface area (Å²) < 4.78 is 5.44. The van der Waals surface area contributed by atoms with E-state index in [0.717, 1.165) is 25.4 Å². The first-order valence-electron chi connectivity index (χ1n) is 12.5. The van der Waals surface area contributed by atoms with Crippen LogP contribution >= 0.6 is 12.4 Å². The van der Waals surface area contributed by atoms with Gasteiger partial charge >= 0.3 is 6.09 Å². The Balaban J connectivity index is 0.000000603. The first-order valence-corrected chi connectivity index (χ1v) is 12.5. The van der Waals surface area contributed by atoms with E-state index in [2.05, 4.69) is 19.2 Å².